The van der Waals surface area contributed by atoms with Crippen LogP contribution in [0.5, 0.6) is 5.75 Å². The number of nitrogens with zero attached hydrogens (tertiary/aromatic N) is 1. The molecule has 1 amide bonds. The van der Waals surface area contributed by atoms with Crippen molar-refractivity contribution >= 4 is 21.8 Å². The van der Waals surface area contributed by atoms with Gasteiger partial charge in [-0.2, -0.15) is 0 Å². The highest BCUT2D eigenvalue weighted by molar-refractivity contribution is 9.10. The van der Waals surface area contributed by atoms with Gasteiger partial charge in [-0.1, -0.05) is 0 Å². The average molecular weight is 316 g/mol. The summed E-state index contributed by atoms with van der Waals surface area (Å²) in [5, 5.41) is 8.92. The molecule has 0 atom stereocenters. The molecule has 0 heterocycles. The van der Waals surface area contributed by atoms with Gasteiger partial charge in [0.05, 0.1) is 17.7 Å². The summed E-state index contributed by atoms with van der Waals surface area (Å²) in [7, 11) is 0. The fourth-order valence-electron chi connectivity index (χ4n) is 1.61. The lowest BCUT2D eigenvalue weighted by Crippen LogP contribution is -2.33. The number of carbonyl (C=O) groups is 1. The van der Waals surface area contributed by atoms with Crippen molar-refractivity contribution in [2.45, 2.75) is 13.8 Å². The largest absolute Gasteiger partial charge is 0.493 e. The van der Waals surface area contributed by atoms with Crippen LogP contribution in [0.4, 0.5) is 0 Å². The van der Waals surface area contributed by atoms with Gasteiger partial charge in [-0.25, -0.2) is 0 Å². The Balaban J connectivity index is 2.94. The van der Waals surface area contributed by atoms with Crippen molar-refractivity contribution in [1.82, 2.24) is 4.90 Å². The minimum absolute atomic E-state index is 0.0333. The summed E-state index contributed by atoms with van der Waals surface area (Å²) < 4.78 is 6.26. The minimum atomic E-state index is -0.0972. The lowest BCUT2D eigenvalue weighted by molar-refractivity contribution is 0.0731. The standard InChI is InChI=1S/C13H18BrNO3/c1-3-15(7-8-16)13(17)10-5-6-11(14)12(9-10)18-4-2/h5-6,9,16H,3-4,7-8H2,1-2H3. The van der Waals surface area contributed by atoms with E-state index in [9.17, 15) is 4.79 Å². The van der Waals surface area contributed by atoms with Gasteiger partial charge in [-0.15, -0.1) is 0 Å². The van der Waals surface area contributed by atoms with Gasteiger partial charge < -0.3 is 14.7 Å². The number of ether oxygens (including phenoxy) is 1. The van der Waals surface area contributed by atoms with Gasteiger partial charge in [0, 0.05) is 18.7 Å². The van der Waals surface area contributed by atoms with Crippen molar-refractivity contribution in [3.05, 3.63) is 28.2 Å². The Hall–Kier alpha value is -1.07. The molecule has 0 saturated heterocycles. The van der Waals surface area contributed by atoms with Crippen LogP contribution in [0.1, 0.15) is 24.2 Å². The van der Waals surface area contributed by atoms with E-state index in [2.05, 4.69) is 15.9 Å². The highest BCUT2D eigenvalue weighted by Crippen LogP contribution is 2.26. The first-order valence-corrected chi connectivity index (χ1v) is 6.75. The second kappa shape index (κ2) is 7.38. The van der Waals surface area contributed by atoms with E-state index in [-0.39, 0.29) is 12.5 Å². The molecule has 18 heavy (non-hydrogen) atoms. The van der Waals surface area contributed by atoms with E-state index >= 15 is 0 Å². The zero-order chi connectivity index (χ0) is 13.5. The molecule has 0 saturated carbocycles. The Bertz CT molecular complexity index is 409. The molecule has 0 aliphatic rings. The molecule has 0 unspecified atom stereocenters. The molecule has 4 nitrogen and oxygen atoms in total. The van der Waals surface area contributed by atoms with Gasteiger partial charge >= 0.3 is 0 Å². The van der Waals surface area contributed by atoms with Crippen LogP contribution < -0.4 is 4.74 Å². The van der Waals surface area contributed by atoms with Crippen LogP contribution in [0.15, 0.2) is 22.7 Å². The van der Waals surface area contributed by atoms with Gasteiger partial charge in [-0.05, 0) is 48.0 Å². The zero-order valence-corrected chi connectivity index (χ0v) is 12.2. The third kappa shape index (κ3) is 3.71. The predicted octanol–water partition coefficient (Wildman–Crippen LogP) is 2.30. The van der Waals surface area contributed by atoms with Crippen LogP contribution in [0.3, 0.4) is 0 Å². The van der Waals surface area contributed by atoms with Gasteiger partial charge in [0.1, 0.15) is 5.75 Å². The lowest BCUT2D eigenvalue weighted by atomic mass is 10.2. The fraction of sp³-hybridized carbons (Fsp3) is 0.462. The third-order valence-corrected chi connectivity index (χ3v) is 3.17. The number of amides is 1. The third-order valence-electron chi connectivity index (χ3n) is 2.52. The molecule has 1 N–H and O–H groups in total. The smallest absolute Gasteiger partial charge is 0.254 e. The summed E-state index contributed by atoms with van der Waals surface area (Å²) >= 11 is 3.38. The van der Waals surface area contributed by atoms with Crippen molar-refractivity contribution in [2.24, 2.45) is 0 Å². The van der Waals surface area contributed by atoms with Crippen molar-refractivity contribution in [1.29, 1.82) is 0 Å². The van der Waals surface area contributed by atoms with Gasteiger partial charge in [0.25, 0.3) is 5.91 Å². The predicted molar refractivity (Wildman–Crippen MR) is 74.0 cm³/mol. The van der Waals surface area contributed by atoms with Gasteiger partial charge in [0.15, 0.2) is 0 Å². The van der Waals surface area contributed by atoms with Crippen LogP contribution in [0.25, 0.3) is 0 Å². The van der Waals surface area contributed by atoms with E-state index in [4.69, 9.17) is 9.84 Å². The average Bonchev–Trinajstić information content (AvgIpc) is 2.38. The van der Waals surface area contributed by atoms with Gasteiger partial charge in [0.2, 0.25) is 0 Å². The molecule has 0 aliphatic carbocycles. The van der Waals surface area contributed by atoms with E-state index in [0.29, 0.717) is 31.0 Å². The second-order valence-electron chi connectivity index (χ2n) is 3.69. The van der Waals surface area contributed by atoms with E-state index < -0.39 is 0 Å². The summed E-state index contributed by atoms with van der Waals surface area (Å²) in [6.45, 7) is 5.20. The Morgan fingerprint density at radius 1 is 1.44 bits per heavy atom. The van der Waals surface area contributed by atoms with Gasteiger partial charge in [-0.3, -0.25) is 4.79 Å². The molecule has 0 radical (unpaired) electrons. The molecular formula is C13H18BrNO3. The van der Waals surface area contributed by atoms with E-state index in [1.54, 1.807) is 23.1 Å². The molecule has 0 aromatic heterocycles. The number of aliphatic hydroxyl groups excluding tert-OH is 1. The summed E-state index contributed by atoms with van der Waals surface area (Å²) in [5.41, 5.74) is 0.567. The molecule has 5 heteroatoms. The highest BCUT2D eigenvalue weighted by Gasteiger charge is 2.15. The van der Waals surface area contributed by atoms with Crippen molar-refractivity contribution in [2.75, 3.05) is 26.3 Å². The summed E-state index contributed by atoms with van der Waals surface area (Å²) in [6.07, 6.45) is 0. The number of carbonyl (C=O) groups excluding carboxylic acids is 1. The maximum Gasteiger partial charge on any atom is 0.254 e. The monoisotopic (exact) mass is 315 g/mol. The Morgan fingerprint density at radius 2 is 2.17 bits per heavy atom. The van der Waals surface area contributed by atoms with Crippen LogP contribution in [0.2, 0.25) is 0 Å². The minimum Gasteiger partial charge on any atom is -0.493 e. The Morgan fingerprint density at radius 3 is 2.72 bits per heavy atom. The van der Waals surface area contributed by atoms with Crippen LogP contribution in [0, 0.1) is 0 Å². The molecule has 0 spiro atoms. The molecule has 1 aromatic carbocycles. The fourth-order valence-corrected chi connectivity index (χ4v) is 1.97. The molecule has 0 fully saturated rings. The van der Waals surface area contributed by atoms with Crippen molar-refractivity contribution in [3.8, 4) is 5.75 Å². The number of halogens is 1. The molecule has 100 valence electrons. The Labute approximate surface area is 116 Å². The van der Waals surface area contributed by atoms with E-state index in [1.165, 1.54) is 0 Å². The summed E-state index contributed by atoms with van der Waals surface area (Å²) in [5.74, 6) is 0.559. The van der Waals surface area contributed by atoms with Crippen LogP contribution >= 0.6 is 15.9 Å². The van der Waals surface area contributed by atoms with Crippen LogP contribution in [-0.2, 0) is 0 Å². The first-order valence-electron chi connectivity index (χ1n) is 5.96. The first kappa shape index (κ1) is 15.0. The molecule has 0 bridgehead atoms. The Kier molecular flexibility index (Phi) is 6.15. The number of rotatable bonds is 6. The number of likely N-dealkylation sites (N-methyl/N-ethyl adjacent to an activating group) is 1. The SMILES string of the molecule is CCOc1cc(C(=O)N(CC)CCO)ccc1Br. The topological polar surface area (TPSA) is 49.8 Å². The highest BCUT2D eigenvalue weighted by atomic mass is 79.9. The summed E-state index contributed by atoms with van der Waals surface area (Å²) in [4.78, 5) is 13.8. The van der Waals surface area contributed by atoms with E-state index in [0.717, 1.165) is 4.47 Å². The number of benzene rings is 1. The molecule has 1 rings (SSSR count). The van der Waals surface area contributed by atoms with Crippen molar-refractivity contribution < 1.29 is 14.6 Å². The number of aliphatic hydroxyl groups is 1. The number of hydrogen-bond donors (Lipinski definition) is 1. The molecule has 0 aliphatic heterocycles. The zero-order valence-electron chi connectivity index (χ0n) is 10.6. The van der Waals surface area contributed by atoms with Crippen LogP contribution in [-0.4, -0.2) is 42.2 Å². The maximum absolute atomic E-state index is 12.2. The first-order chi connectivity index (χ1) is 8.63. The maximum atomic E-state index is 12.2. The lowest BCUT2D eigenvalue weighted by Gasteiger charge is -2.20. The second-order valence-corrected chi connectivity index (χ2v) is 4.54. The van der Waals surface area contributed by atoms with Crippen molar-refractivity contribution in [3.63, 3.8) is 0 Å². The summed E-state index contributed by atoms with van der Waals surface area (Å²) in [6, 6.07) is 5.26. The normalized spacial score (nSPS) is 10.2. The quantitative estimate of drug-likeness (QED) is 0.876. The molecular weight excluding hydrogens is 298 g/mol. The number of hydrogen-bond acceptors (Lipinski definition) is 3. The molecule has 1 aromatic rings. The van der Waals surface area contributed by atoms with E-state index in [1.807, 2.05) is 13.8 Å².